The second-order valence-corrected chi connectivity index (χ2v) is 5.85. The standard InChI is InChI=1S/C20H19NO4/c1-4-24-15-8-7-14-10-16(20(23)25-18(14)11-15)19(22)21-17-9-12(2)5-6-13(17)3/h5-11H,4H2,1-3H3,(H,21,22). The van der Waals surface area contributed by atoms with Crippen LogP contribution in [-0.4, -0.2) is 12.5 Å². The molecule has 1 amide bonds. The largest absolute Gasteiger partial charge is 0.494 e. The molecule has 0 radical (unpaired) electrons. The van der Waals surface area contributed by atoms with E-state index in [4.69, 9.17) is 9.15 Å². The van der Waals surface area contributed by atoms with E-state index in [1.807, 2.05) is 39.0 Å². The zero-order valence-corrected chi connectivity index (χ0v) is 14.4. The number of hydrogen-bond acceptors (Lipinski definition) is 4. The van der Waals surface area contributed by atoms with Crippen molar-refractivity contribution < 1.29 is 13.9 Å². The van der Waals surface area contributed by atoms with E-state index in [1.165, 1.54) is 6.07 Å². The van der Waals surface area contributed by atoms with Crippen molar-refractivity contribution in [3.05, 3.63) is 69.6 Å². The third-order valence-electron chi connectivity index (χ3n) is 3.90. The highest BCUT2D eigenvalue weighted by Crippen LogP contribution is 2.21. The Labute approximate surface area is 145 Å². The molecule has 0 aliphatic heterocycles. The number of rotatable bonds is 4. The number of aryl methyl sites for hydroxylation is 2. The summed E-state index contributed by atoms with van der Waals surface area (Å²) in [7, 11) is 0. The second kappa shape index (κ2) is 6.81. The Morgan fingerprint density at radius 3 is 2.68 bits per heavy atom. The van der Waals surface area contributed by atoms with Crippen LogP contribution in [0.4, 0.5) is 5.69 Å². The molecule has 0 aliphatic carbocycles. The molecule has 1 heterocycles. The molecule has 128 valence electrons. The van der Waals surface area contributed by atoms with Gasteiger partial charge in [0, 0.05) is 17.1 Å². The normalized spacial score (nSPS) is 10.7. The first-order chi connectivity index (χ1) is 12.0. The average Bonchev–Trinajstić information content (AvgIpc) is 2.57. The monoisotopic (exact) mass is 337 g/mol. The first-order valence-electron chi connectivity index (χ1n) is 8.07. The molecule has 1 aromatic heterocycles. The zero-order chi connectivity index (χ0) is 18.0. The van der Waals surface area contributed by atoms with Gasteiger partial charge in [-0.05, 0) is 56.2 Å². The van der Waals surface area contributed by atoms with Gasteiger partial charge in [0.15, 0.2) is 0 Å². The lowest BCUT2D eigenvalue weighted by Gasteiger charge is -2.09. The second-order valence-electron chi connectivity index (χ2n) is 5.85. The molecule has 5 nitrogen and oxygen atoms in total. The van der Waals surface area contributed by atoms with Gasteiger partial charge in [-0.2, -0.15) is 0 Å². The van der Waals surface area contributed by atoms with E-state index in [1.54, 1.807) is 18.2 Å². The summed E-state index contributed by atoms with van der Waals surface area (Å²) >= 11 is 0. The maximum absolute atomic E-state index is 12.5. The van der Waals surface area contributed by atoms with Crippen molar-refractivity contribution in [3.63, 3.8) is 0 Å². The smallest absolute Gasteiger partial charge is 0.349 e. The summed E-state index contributed by atoms with van der Waals surface area (Å²) in [5.41, 5.74) is 2.30. The molecule has 0 saturated carbocycles. The highest BCUT2D eigenvalue weighted by Gasteiger charge is 2.15. The summed E-state index contributed by atoms with van der Waals surface area (Å²) in [4.78, 5) is 24.7. The van der Waals surface area contributed by atoms with Crippen molar-refractivity contribution >= 4 is 22.6 Å². The van der Waals surface area contributed by atoms with Gasteiger partial charge in [-0.15, -0.1) is 0 Å². The lowest BCUT2D eigenvalue weighted by atomic mass is 10.1. The molecule has 0 saturated heterocycles. The van der Waals surface area contributed by atoms with Crippen LogP contribution < -0.4 is 15.7 Å². The van der Waals surface area contributed by atoms with E-state index < -0.39 is 11.5 Å². The molecule has 1 N–H and O–H groups in total. The van der Waals surface area contributed by atoms with E-state index in [9.17, 15) is 9.59 Å². The summed E-state index contributed by atoms with van der Waals surface area (Å²) in [5.74, 6) is 0.129. The number of amides is 1. The van der Waals surface area contributed by atoms with E-state index in [0.29, 0.717) is 29.0 Å². The van der Waals surface area contributed by atoms with Gasteiger partial charge in [0.25, 0.3) is 5.91 Å². The van der Waals surface area contributed by atoms with Crippen LogP contribution in [-0.2, 0) is 0 Å². The van der Waals surface area contributed by atoms with Gasteiger partial charge in [0.1, 0.15) is 16.9 Å². The van der Waals surface area contributed by atoms with E-state index in [2.05, 4.69) is 5.32 Å². The van der Waals surface area contributed by atoms with E-state index >= 15 is 0 Å². The lowest BCUT2D eigenvalue weighted by molar-refractivity contribution is 0.102. The van der Waals surface area contributed by atoms with Crippen molar-refractivity contribution in [2.24, 2.45) is 0 Å². The maximum atomic E-state index is 12.5. The molecule has 25 heavy (non-hydrogen) atoms. The number of hydrogen-bond donors (Lipinski definition) is 1. The van der Waals surface area contributed by atoms with Gasteiger partial charge in [-0.3, -0.25) is 4.79 Å². The van der Waals surface area contributed by atoms with Crippen molar-refractivity contribution in [3.8, 4) is 5.75 Å². The Kier molecular flexibility index (Phi) is 4.57. The maximum Gasteiger partial charge on any atom is 0.349 e. The topological polar surface area (TPSA) is 68.5 Å². The van der Waals surface area contributed by atoms with Gasteiger partial charge in [-0.25, -0.2) is 4.79 Å². The van der Waals surface area contributed by atoms with Crippen molar-refractivity contribution in [1.29, 1.82) is 0 Å². The van der Waals surface area contributed by atoms with Crippen LogP contribution in [0.3, 0.4) is 0 Å². The summed E-state index contributed by atoms with van der Waals surface area (Å²) in [6.07, 6.45) is 0. The summed E-state index contributed by atoms with van der Waals surface area (Å²) < 4.78 is 10.7. The molecule has 0 aliphatic rings. The van der Waals surface area contributed by atoms with Crippen molar-refractivity contribution in [1.82, 2.24) is 0 Å². The molecule has 3 aromatic rings. The summed E-state index contributed by atoms with van der Waals surface area (Å²) in [6.45, 7) is 6.23. The number of carbonyl (C=O) groups excluding carboxylic acids is 1. The molecule has 3 rings (SSSR count). The molecule has 0 unspecified atom stereocenters. The lowest BCUT2D eigenvalue weighted by Crippen LogP contribution is -2.21. The molecule has 0 fully saturated rings. The molecule has 0 atom stereocenters. The quantitative estimate of drug-likeness (QED) is 0.729. The zero-order valence-electron chi connectivity index (χ0n) is 14.4. The number of nitrogens with one attached hydrogen (secondary N) is 1. The molecule has 0 bridgehead atoms. The number of anilines is 1. The van der Waals surface area contributed by atoms with Crippen LogP contribution in [0.1, 0.15) is 28.4 Å². The fourth-order valence-electron chi connectivity index (χ4n) is 2.57. The van der Waals surface area contributed by atoms with Crippen LogP contribution >= 0.6 is 0 Å². The highest BCUT2D eigenvalue weighted by atomic mass is 16.5. The average molecular weight is 337 g/mol. The van der Waals surface area contributed by atoms with Crippen LogP contribution in [0.15, 0.2) is 51.7 Å². The van der Waals surface area contributed by atoms with Crippen LogP contribution in [0.2, 0.25) is 0 Å². The Bertz CT molecular complexity index is 1000. The molecule has 0 spiro atoms. The van der Waals surface area contributed by atoms with Crippen molar-refractivity contribution in [2.75, 3.05) is 11.9 Å². The number of carbonyl (C=O) groups is 1. The molecular weight excluding hydrogens is 318 g/mol. The summed E-state index contributed by atoms with van der Waals surface area (Å²) in [5, 5.41) is 3.44. The first-order valence-corrected chi connectivity index (χ1v) is 8.07. The number of fused-ring (bicyclic) bond motifs is 1. The fraction of sp³-hybridized carbons (Fsp3) is 0.200. The molecule has 5 heteroatoms. The molecular formula is C20H19NO4. The Morgan fingerprint density at radius 2 is 1.92 bits per heavy atom. The highest BCUT2D eigenvalue weighted by molar-refractivity contribution is 6.05. The number of ether oxygens (including phenoxy) is 1. The first kappa shape index (κ1) is 16.8. The van der Waals surface area contributed by atoms with E-state index in [-0.39, 0.29) is 5.56 Å². The van der Waals surface area contributed by atoms with Gasteiger partial charge in [0.05, 0.1) is 6.61 Å². The number of benzene rings is 2. The SMILES string of the molecule is CCOc1ccc2cc(C(=O)Nc3cc(C)ccc3C)c(=O)oc2c1. The predicted molar refractivity (Wildman–Crippen MR) is 97.5 cm³/mol. The van der Waals surface area contributed by atoms with Crippen LogP contribution in [0, 0.1) is 13.8 Å². The van der Waals surface area contributed by atoms with Gasteiger partial charge < -0.3 is 14.5 Å². The van der Waals surface area contributed by atoms with Crippen LogP contribution in [0.25, 0.3) is 11.0 Å². The minimum absolute atomic E-state index is 0.0300. The minimum Gasteiger partial charge on any atom is -0.494 e. The Morgan fingerprint density at radius 1 is 1.12 bits per heavy atom. The third kappa shape index (κ3) is 3.55. The van der Waals surface area contributed by atoms with Crippen LogP contribution in [0.5, 0.6) is 5.75 Å². The van der Waals surface area contributed by atoms with Gasteiger partial charge in [-0.1, -0.05) is 12.1 Å². The van der Waals surface area contributed by atoms with E-state index in [0.717, 1.165) is 11.1 Å². The minimum atomic E-state index is -0.677. The Hall–Kier alpha value is -3.08. The van der Waals surface area contributed by atoms with Gasteiger partial charge in [0.2, 0.25) is 0 Å². The van der Waals surface area contributed by atoms with Gasteiger partial charge >= 0.3 is 5.63 Å². The summed E-state index contributed by atoms with van der Waals surface area (Å²) in [6, 6.07) is 12.5. The fourth-order valence-corrected chi connectivity index (χ4v) is 2.57. The molecule has 2 aromatic carbocycles. The third-order valence-corrected chi connectivity index (χ3v) is 3.90. The van der Waals surface area contributed by atoms with Crippen molar-refractivity contribution in [2.45, 2.75) is 20.8 Å². The predicted octanol–water partition coefficient (Wildman–Crippen LogP) is 4.06. The Balaban J connectivity index is 1.96.